The van der Waals surface area contributed by atoms with Gasteiger partial charge in [0.25, 0.3) is 5.91 Å². The van der Waals surface area contributed by atoms with Crippen molar-refractivity contribution in [1.29, 1.82) is 0 Å². The van der Waals surface area contributed by atoms with E-state index < -0.39 is 0 Å². The Bertz CT molecular complexity index is 661. The number of benzene rings is 2. The third-order valence-corrected chi connectivity index (χ3v) is 4.05. The monoisotopic (exact) mass is 280 g/mol. The molecule has 2 aromatic rings. The summed E-state index contributed by atoms with van der Waals surface area (Å²) in [6.07, 6.45) is 2.04. The van der Waals surface area contributed by atoms with Gasteiger partial charge in [-0.1, -0.05) is 23.8 Å². The van der Waals surface area contributed by atoms with Gasteiger partial charge in [-0.2, -0.15) is 0 Å². The second kappa shape index (κ2) is 5.60. The first-order valence-corrected chi connectivity index (χ1v) is 7.37. The molecule has 0 radical (unpaired) electrons. The van der Waals surface area contributed by atoms with Crippen molar-refractivity contribution in [2.75, 3.05) is 23.8 Å². The van der Waals surface area contributed by atoms with Gasteiger partial charge in [-0.05, 0) is 49.6 Å². The molecule has 2 aromatic carbocycles. The van der Waals surface area contributed by atoms with Crippen LogP contribution in [0.5, 0.6) is 0 Å². The Kier molecular flexibility index (Phi) is 3.65. The van der Waals surface area contributed by atoms with Crippen molar-refractivity contribution in [2.24, 2.45) is 0 Å². The van der Waals surface area contributed by atoms with Crippen molar-refractivity contribution in [3.8, 4) is 0 Å². The van der Waals surface area contributed by atoms with E-state index in [1.54, 1.807) is 4.90 Å². The molecular weight excluding hydrogens is 260 g/mol. The minimum atomic E-state index is 0.0550. The molecule has 0 aromatic heterocycles. The van der Waals surface area contributed by atoms with Gasteiger partial charge >= 0.3 is 0 Å². The SMILES string of the molecule is Cc1ccc(N(C)C(=O)c2cccc3c2CCCN3)cc1. The molecule has 1 aliphatic rings. The molecule has 1 amide bonds. The summed E-state index contributed by atoms with van der Waals surface area (Å²) in [5.74, 6) is 0.0550. The number of nitrogens with zero attached hydrogens (tertiary/aromatic N) is 1. The van der Waals surface area contributed by atoms with Crippen LogP contribution < -0.4 is 10.2 Å². The van der Waals surface area contributed by atoms with Crippen molar-refractivity contribution in [3.63, 3.8) is 0 Å². The van der Waals surface area contributed by atoms with Crippen LogP contribution in [0.3, 0.4) is 0 Å². The highest BCUT2D eigenvalue weighted by molar-refractivity contribution is 6.07. The van der Waals surface area contributed by atoms with Crippen LogP contribution in [0.4, 0.5) is 11.4 Å². The predicted octanol–water partition coefficient (Wildman–Crippen LogP) is 3.63. The summed E-state index contributed by atoms with van der Waals surface area (Å²) in [4.78, 5) is 14.5. The van der Waals surface area contributed by atoms with E-state index >= 15 is 0 Å². The maximum Gasteiger partial charge on any atom is 0.258 e. The Morgan fingerprint density at radius 2 is 1.90 bits per heavy atom. The van der Waals surface area contributed by atoms with Crippen LogP contribution in [0.2, 0.25) is 0 Å². The van der Waals surface area contributed by atoms with Crippen molar-refractivity contribution in [2.45, 2.75) is 19.8 Å². The molecule has 1 aliphatic heterocycles. The number of amides is 1. The summed E-state index contributed by atoms with van der Waals surface area (Å²) in [6.45, 7) is 3.03. The summed E-state index contributed by atoms with van der Waals surface area (Å²) in [5.41, 5.74) is 5.17. The first-order valence-electron chi connectivity index (χ1n) is 7.37. The molecule has 1 N–H and O–H groups in total. The molecular formula is C18H20N2O. The molecule has 0 bridgehead atoms. The van der Waals surface area contributed by atoms with E-state index in [1.165, 1.54) is 5.56 Å². The zero-order chi connectivity index (χ0) is 14.8. The fraction of sp³-hybridized carbons (Fsp3) is 0.278. The lowest BCUT2D eigenvalue weighted by atomic mass is 9.97. The molecule has 0 atom stereocenters. The molecule has 3 heteroatoms. The number of fused-ring (bicyclic) bond motifs is 1. The average molecular weight is 280 g/mol. The summed E-state index contributed by atoms with van der Waals surface area (Å²) < 4.78 is 0. The van der Waals surface area contributed by atoms with Crippen molar-refractivity contribution >= 4 is 17.3 Å². The first-order chi connectivity index (χ1) is 10.2. The minimum Gasteiger partial charge on any atom is -0.385 e. The van der Waals surface area contributed by atoms with E-state index in [1.807, 2.05) is 50.4 Å². The van der Waals surface area contributed by atoms with Gasteiger partial charge in [0.05, 0.1) is 0 Å². The Hall–Kier alpha value is -2.29. The number of nitrogens with one attached hydrogen (secondary N) is 1. The lowest BCUT2D eigenvalue weighted by Crippen LogP contribution is -2.28. The van der Waals surface area contributed by atoms with Gasteiger partial charge in [0.2, 0.25) is 0 Å². The fourth-order valence-electron chi connectivity index (χ4n) is 2.78. The molecule has 21 heavy (non-hydrogen) atoms. The number of carbonyl (C=O) groups excluding carboxylic acids is 1. The fourth-order valence-corrected chi connectivity index (χ4v) is 2.78. The van der Waals surface area contributed by atoms with Gasteiger partial charge < -0.3 is 10.2 Å². The van der Waals surface area contributed by atoms with E-state index in [2.05, 4.69) is 11.4 Å². The summed E-state index contributed by atoms with van der Waals surface area (Å²) in [5, 5.41) is 3.37. The standard InChI is InChI=1S/C18H20N2O/c1-13-8-10-14(11-9-13)20(2)18(21)16-5-3-7-17-15(16)6-4-12-19-17/h3,5,7-11,19H,4,6,12H2,1-2H3. The van der Waals surface area contributed by atoms with Crippen LogP contribution in [0.25, 0.3) is 0 Å². The Labute approximate surface area is 125 Å². The Balaban J connectivity index is 1.93. The van der Waals surface area contributed by atoms with Gasteiger partial charge in [0.15, 0.2) is 0 Å². The Morgan fingerprint density at radius 3 is 2.67 bits per heavy atom. The molecule has 0 saturated heterocycles. The molecule has 0 unspecified atom stereocenters. The number of anilines is 2. The molecule has 0 fully saturated rings. The van der Waals surface area contributed by atoms with Gasteiger partial charge in [-0.3, -0.25) is 4.79 Å². The van der Waals surface area contributed by atoms with Crippen LogP contribution in [-0.2, 0) is 6.42 Å². The van der Waals surface area contributed by atoms with Gasteiger partial charge in [-0.15, -0.1) is 0 Å². The topological polar surface area (TPSA) is 32.3 Å². The predicted molar refractivity (Wildman–Crippen MR) is 87.2 cm³/mol. The quantitative estimate of drug-likeness (QED) is 0.911. The van der Waals surface area contributed by atoms with Crippen LogP contribution >= 0.6 is 0 Å². The molecule has 1 heterocycles. The summed E-state index contributed by atoms with van der Waals surface area (Å²) >= 11 is 0. The van der Waals surface area contributed by atoms with E-state index in [4.69, 9.17) is 0 Å². The lowest BCUT2D eigenvalue weighted by molar-refractivity contribution is 0.0992. The summed E-state index contributed by atoms with van der Waals surface area (Å²) in [6, 6.07) is 14.0. The number of hydrogen-bond donors (Lipinski definition) is 1. The summed E-state index contributed by atoms with van der Waals surface area (Å²) in [7, 11) is 1.84. The minimum absolute atomic E-state index is 0.0550. The maximum absolute atomic E-state index is 12.8. The van der Waals surface area contributed by atoms with Crippen LogP contribution in [-0.4, -0.2) is 19.5 Å². The molecule has 0 spiro atoms. The van der Waals surface area contributed by atoms with E-state index in [0.29, 0.717) is 0 Å². The molecule has 0 aliphatic carbocycles. The van der Waals surface area contributed by atoms with Crippen LogP contribution in [0.15, 0.2) is 42.5 Å². The van der Waals surface area contributed by atoms with Crippen LogP contribution in [0, 0.1) is 6.92 Å². The zero-order valence-corrected chi connectivity index (χ0v) is 12.5. The van der Waals surface area contributed by atoms with Crippen LogP contribution in [0.1, 0.15) is 27.9 Å². The van der Waals surface area contributed by atoms with Crippen molar-refractivity contribution in [3.05, 3.63) is 59.2 Å². The molecule has 108 valence electrons. The van der Waals surface area contributed by atoms with Gasteiger partial charge in [-0.25, -0.2) is 0 Å². The van der Waals surface area contributed by atoms with Gasteiger partial charge in [0, 0.05) is 30.5 Å². The van der Waals surface area contributed by atoms with Crippen molar-refractivity contribution < 1.29 is 4.79 Å². The zero-order valence-electron chi connectivity index (χ0n) is 12.5. The second-order valence-corrected chi connectivity index (χ2v) is 5.56. The highest BCUT2D eigenvalue weighted by Crippen LogP contribution is 2.27. The van der Waals surface area contributed by atoms with E-state index in [-0.39, 0.29) is 5.91 Å². The van der Waals surface area contributed by atoms with E-state index in [0.717, 1.165) is 41.9 Å². The van der Waals surface area contributed by atoms with Gasteiger partial charge in [0.1, 0.15) is 0 Å². The highest BCUT2D eigenvalue weighted by atomic mass is 16.2. The molecule has 0 saturated carbocycles. The third kappa shape index (κ3) is 2.64. The number of rotatable bonds is 2. The number of carbonyl (C=O) groups is 1. The second-order valence-electron chi connectivity index (χ2n) is 5.56. The van der Waals surface area contributed by atoms with Crippen molar-refractivity contribution in [1.82, 2.24) is 0 Å². The van der Waals surface area contributed by atoms with E-state index in [9.17, 15) is 4.79 Å². The Morgan fingerprint density at radius 1 is 1.14 bits per heavy atom. The molecule has 3 rings (SSSR count). The number of hydrogen-bond acceptors (Lipinski definition) is 2. The maximum atomic E-state index is 12.8. The third-order valence-electron chi connectivity index (χ3n) is 4.05. The number of aryl methyl sites for hydroxylation is 1. The first kappa shape index (κ1) is 13.7. The normalized spacial score (nSPS) is 13.2. The largest absolute Gasteiger partial charge is 0.385 e. The molecule has 3 nitrogen and oxygen atoms in total. The average Bonchev–Trinajstić information content (AvgIpc) is 2.53. The lowest BCUT2D eigenvalue weighted by Gasteiger charge is -2.23. The smallest absolute Gasteiger partial charge is 0.258 e. The highest BCUT2D eigenvalue weighted by Gasteiger charge is 2.20.